The number of carbonyl (C=O) groups excluding carboxylic acids is 1. The van der Waals surface area contributed by atoms with Crippen molar-refractivity contribution in [2.45, 2.75) is 50.5 Å². The zero-order valence-electron chi connectivity index (χ0n) is 18.6. The first-order valence-corrected chi connectivity index (χ1v) is 13.2. The molecule has 0 bridgehead atoms. The second-order valence-corrected chi connectivity index (χ2v) is 11.3. The van der Waals surface area contributed by atoms with Crippen LogP contribution in [0.1, 0.15) is 43.7 Å². The molecule has 1 saturated carbocycles. The number of piperidine rings is 1. The van der Waals surface area contributed by atoms with Crippen LogP contribution in [0.5, 0.6) is 0 Å². The first kappa shape index (κ1) is 21.5. The van der Waals surface area contributed by atoms with Crippen LogP contribution in [0.3, 0.4) is 0 Å². The molecule has 1 aliphatic carbocycles. The first-order valence-electron chi connectivity index (χ1n) is 11.7. The van der Waals surface area contributed by atoms with Gasteiger partial charge in [-0.3, -0.25) is 4.79 Å². The van der Waals surface area contributed by atoms with E-state index in [4.69, 9.17) is 0 Å². The van der Waals surface area contributed by atoms with Crippen LogP contribution in [-0.4, -0.2) is 34.0 Å². The van der Waals surface area contributed by atoms with E-state index in [0.717, 1.165) is 42.7 Å². The van der Waals surface area contributed by atoms with Gasteiger partial charge in [-0.2, -0.15) is 0 Å². The number of sulfonamides is 1. The summed E-state index contributed by atoms with van der Waals surface area (Å²) in [6, 6.07) is 13.3. The Morgan fingerprint density at radius 1 is 1.06 bits per heavy atom. The molecule has 0 unspecified atom stereocenters. The van der Waals surface area contributed by atoms with Crippen molar-refractivity contribution in [3.63, 3.8) is 0 Å². The van der Waals surface area contributed by atoms with Gasteiger partial charge in [-0.05, 0) is 79.5 Å². The number of nitrogens with one attached hydrogen (secondary N) is 1. The number of benzene rings is 2. The normalized spacial score (nSPS) is 21.0. The summed E-state index contributed by atoms with van der Waals surface area (Å²) in [6.07, 6.45) is 5.15. The predicted molar refractivity (Wildman–Crippen MR) is 126 cm³/mol. The number of fused-ring (bicyclic) bond motifs is 1. The molecule has 2 heterocycles. The standard InChI is InChI=1S/C25H31N3O3S/c1-18-3-2-13-27(17-18)22-8-4-19(5-9-22)16-26-32(30,31)23-10-11-24-21(15-23)12-14-28(24)25(29)20-6-7-20/h4-5,8-11,15,18,20,26H,2-3,6-7,12-14,16-17H2,1H3/t18-/m0/s1. The molecule has 0 spiro atoms. The summed E-state index contributed by atoms with van der Waals surface area (Å²) >= 11 is 0. The van der Waals surface area contributed by atoms with E-state index in [0.29, 0.717) is 18.9 Å². The first-order chi connectivity index (χ1) is 15.4. The smallest absolute Gasteiger partial charge is 0.240 e. The van der Waals surface area contributed by atoms with Gasteiger partial charge in [0.25, 0.3) is 0 Å². The summed E-state index contributed by atoms with van der Waals surface area (Å²) in [5.74, 6) is 1.05. The average Bonchev–Trinajstić information content (AvgIpc) is 3.56. The number of amides is 1. The van der Waals surface area contributed by atoms with Gasteiger partial charge < -0.3 is 9.80 Å². The second kappa shape index (κ2) is 8.52. The Morgan fingerprint density at radius 3 is 2.56 bits per heavy atom. The van der Waals surface area contributed by atoms with Crippen molar-refractivity contribution in [3.8, 4) is 0 Å². The van der Waals surface area contributed by atoms with Crippen LogP contribution in [0.2, 0.25) is 0 Å². The van der Waals surface area contributed by atoms with Gasteiger partial charge in [0.05, 0.1) is 4.90 Å². The molecule has 1 N–H and O–H groups in total. The Bertz CT molecular complexity index is 1110. The largest absolute Gasteiger partial charge is 0.371 e. The topological polar surface area (TPSA) is 69.7 Å². The van der Waals surface area contributed by atoms with Crippen molar-refractivity contribution < 1.29 is 13.2 Å². The number of anilines is 2. The highest BCUT2D eigenvalue weighted by molar-refractivity contribution is 7.89. The van der Waals surface area contributed by atoms with Gasteiger partial charge in [0, 0.05) is 43.5 Å². The van der Waals surface area contributed by atoms with Crippen molar-refractivity contribution in [2.75, 3.05) is 29.4 Å². The second-order valence-electron chi connectivity index (χ2n) is 9.49. The zero-order chi connectivity index (χ0) is 22.3. The quantitative estimate of drug-likeness (QED) is 0.724. The number of hydrogen-bond acceptors (Lipinski definition) is 4. The lowest BCUT2D eigenvalue weighted by molar-refractivity contribution is -0.119. The van der Waals surface area contributed by atoms with Gasteiger partial charge in [0.2, 0.25) is 15.9 Å². The van der Waals surface area contributed by atoms with Crippen molar-refractivity contribution in [3.05, 3.63) is 53.6 Å². The fourth-order valence-electron chi connectivity index (χ4n) is 4.84. The van der Waals surface area contributed by atoms with Crippen molar-refractivity contribution in [1.82, 2.24) is 4.72 Å². The van der Waals surface area contributed by atoms with E-state index in [1.807, 2.05) is 17.0 Å². The molecule has 3 aliphatic rings. The number of carbonyl (C=O) groups is 1. The summed E-state index contributed by atoms with van der Waals surface area (Å²) in [5, 5.41) is 0. The van der Waals surface area contributed by atoms with E-state index in [1.54, 1.807) is 18.2 Å². The summed E-state index contributed by atoms with van der Waals surface area (Å²) in [6.45, 7) is 5.34. The molecule has 2 aromatic carbocycles. The fourth-order valence-corrected chi connectivity index (χ4v) is 5.90. The third-order valence-corrected chi connectivity index (χ3v) is 8.27. The SMILES string of the molecule is C[C@H]1CCCN(c2ccc(CNS(=O)(=O)c3ccc4c(c3)CCN4C(=O)C3CC3)cc2)C1. The van der Waals surface area contributed by atoms with Crippen LogP contribution in [0, 0.1) is 11.8 Å². The maximum absolute atomic E-state index is 12.9. The lowest BCUT2D eigenvalue weighted by Gasteiger charge is -2.32. The molecule has 2 aromatic rings. The molecule has 170 valence electrons. The van der Waals surface area contributed by atoms with Crippen LogP contribution in [-0.2, 0) is 27.8 Å². The third-order valence-electron chi connectivity index (χ3n) is 6.87. The molecule has 0 aromatic heterocycles. The maximum atomic E-state index is 12.9. The van der Waals surface area contributed by atoms with Crippen molar-refractivity contribution in [2.24, 2.45) is 11.8 Å². The van der Waals surface area contributed by atoms with E-state index in [2.05, 4.69) is 28.7 Å². The Hall–Kier alpha value is -2.38. The van der Waals surface area contributed by atoms with Crippen LogP contribution < -0.4 is 14.5 Å². The summed E-state index contributed by atoms with van der Waals surface area (Å²) < 4.78 is 28.5. The zero-order valence-corrected chi connectivity index (χ0v) is 19.4. The summed E-state index contributed by atoms with van der Waals surface area (Å²) in [5.41, 5.74) is 3.93. The van der Waals surface area contributed by atoms with E-state index in [9.17, 15) is 13.2 Å². The van der Waals surface area contributed by atoms with Crippen LogP contribution >= 0.6 is 0 Å². The molecule has 1 saturated heterocycles. The Morgan fingerprint density at radius 2 is 1.84 bits per heavy atom. The maximum Gasteiger partial charge on any atom is 0.240 e. The third kappa shape index (κ3) is 4.41. The number of hydrogen-bond donors (Lipinski definition) is 1. The highest BCUT2D eigenvalue weighted by Gasteiger charge is 2.36. The lowest BCUT2D eigenvalue weighted by atomic mass is 9.99. The van der Waals surface area contributed by atoms with Gasteiger partial charge >= 0.3 is 0 Å². The molecule has 7 heteroatoms. The van der Waals surface area contributed by atoms with Gasteiger partial charge in [-0.25, -0.2) is 13.1 Å². The number of rotatable bonds is 6. The van der Waals surface area contributed by atoms with Crippen LogP contribution in [0.25, 0.3) is 0 Å². The Balaban J connectivity index is 1.23. The Labute approximate surface area is 190 Å². The van der Waals surface area contributed by atoms with Crippen molar-refractivity contribution >= 4 is 27.3 Å². The molecular weight excluding hydrogens is 422 g/mol. The molecule has 2 fully saturated rings. The van der Waals surface area contributed by atoms with E-state index >= 15 is 0 Å². The molecule has 1 amide bonds. The van der Waals surface area contributed by atoms with Gasteiger partial charge in [0.1, 0.15) is 0 Å². The van der Waals surface area contributed by atoms with E-state index in [1.165, 1.54) is 18.5 Å². The summed E-state index contributed by atoms with van der Waals surface area (Å²) in [4.78, 5) is 16.9. The van der Waals surface area contributed by atoms with Gasteiger partial charge in [-0.15, -0.1) is 0 Å². The van der Waals surface area contributed by atoms with E-state index in [-0.39, 0.29) is 23.3 Å². The predicted octanol–water partition coefficient (Wildman–Crippen LogP) is 3.70. The fraction of sp³-hybridized carbons (Fsp3) is 0.480. The molecule has 32 heavy (non-hydrogen) atoms. The molecule has 1 atom stereocenters. The van der Waals surface area contributed by atoms with E-state index < -0.39 is 10.0 Å². The summed E-state index contributed by atoms with van der Waals surface area (Å²) in [7, 11) is -3.62. The minimum absolute atomic E-state index is 0.163. The highest BCUT2D eigenvalue weighted by atomic mass is 32.2. The molecule has 6 nitrogen and oxygen atoms in total. The highest BCUT2D eigenvalue weighted by Crippen LogP contribution is 2.37. The minimum Gasteiger partial charge on any atom is -0.371 e. The van der Waals surface area contributed by atoms with Gasteiger partial charge in [-0.1, -0.05) is 19.1 Å². The number of nitrogens with zero attached hydrogens (tertiary/aromatic N) is 2. The van der Waals surface area contributed by atoms with Gasteiger partial charge in [0.15, 0.2) is 0 Å². The average molecular weight is 454 g/mol. The molecular formula is C25H31N3O3S. The minimum atomic E-state index is -3.62. The lowest BCUT2D eigenvalue weighted by Crippen LogP contribution is -2.34. The van der Waals surface area contributed by atoms with Crippen LogP contribution in [0.15, 0.2) is 47.4 Å². The Kier molecular flexibility index (Phi) is 5.72. The van der Waals surface area contributed by atoms with Crippen LogP contribution in [0.4, 0.5) is 11.4 Å². The molecule has 5 rings (SSSR count). The molecule has 0 radical (unpaired) electrons. The molecule has 2 aliphatic heterocycles. The monoisotopic (exact) mass is 453 g/mol. The van der Waals surface area contributed by atoms with Crippen molar-refractivity contribution in [1.29, 1.82) is 0 Å².